The molecule has 1 aromatic rings. The fourth-order valence-corrected chi connectivity index (χ4v) is 6.38. The van der Waals surface area contributed by atoms with Crippen LogP contribution >= 0.6 is 43.2 Å². The number of hydrogen-bond acceptors (Lipinski definition) is 3. The van der Waals surface area contributed by atoms with Gasteiger partial charge in [0.05, 0.1) is 8.68 Å². The van der Waals surface area contributed by atoms with Crippen molar-refractivity contribution >= 4 is 53.2 Å². The molecule has 1 N–H and O–H groups in total. The number of hydrogen-bond donors (Lipinski definition) is 1. The first-order chi connectivity index (χ1) is 8.24. The third-order valence-electron chi connectivity index (χ3n) is 2.94. The number of rotatable bonds is 6. The van der Waals surface area contributed by atoms with Crippen molar-refractivity contribution in [3.05, 3.63) is 14.7 Å². The molecule has 1 aromatic heterocycles. The summed E-state index contributed by atoms with van der Waals surface area (Å²) >= 11 is 8.12. The molecule has 18 heavy (non-hydrogen) atoms. The van der Waals surface area contributed by atoms with E-state index < -0.39 is 15.6 Å². The Morgan fingerprint density at radius 3 is 2.50 bits per heavy atom. The van der Waals surface area contributed by atoms with Gasteiger partial charge in [-0.2, -0.15) is 0 Å². The smallest absolute Gasteiger partial charge is 0.207 e. The summed E-state index contributed by atoms with van der Waals surface area (Å²) in [5.41, 5.74) is -0.414. The van der Waals surface area contributed by atoms with E-state index in [0.29, 0.717) is 4.90 Å². The Balaban J connectivity index is 3.05. The fraction of sp³-hybridized carbons (Fsp3) is 0.636. The maximum Gasteiger partial charge on any atom is 0.242 e. The molecule has 1 heterocycles. The van der Waals surface area contributed by atoms with E-state index in [2.05, 4.69) is 36.6 Å². The van der Waals surface area contributed by atoms with Crippen molar-refractivity contribution in [2.75, 3.05) is 5.33 Å². The van der Waals surface area contributed by atoms with Gasteiger partial charge in [0.1, 0.15) is 0 Å². The van der Waals surface area contributed by atoms with Gasteiger partial charge in [0.2, 0.25) is 10.0 Å². The molecule has 0 aliphatic heterocycles. The molecule has 0 saturated carbocycles. The summed E-state index contributed by atoms with van der Waals surface area (Å²) in [4.78, 5) is 1.17. The SMILES string of the molecule is CCC(C)(CCBr)NS(=O)(=O)c1cc(Br)sc1C. The van der Waals surface area contributed by atoms with Crippen molar-refractivity contribution in [3.8, 4) is 0 Å². The van der Waals surface area contributed by atoms with Crippen molar-refractivity contribution in [3.63, 3.8) is 0 Å². The van der Waals surface area contributed by atoms with Crippen LogP contribution < -0.4 is 4.72 Å². The summed E-state index contributed by atoms with van der Waals surface area (Å²) in [5.74, 6) is 0. The lowest BCUT2D eigenvalue weighted by Crippen LogP contribution is -2.45. The van der Waals surface area contributed by atoms with Crippen LogP contribution in [0.25, 0.3) is 0 Å². The molecule has 104 valence electrons. The van der Waals surface area contributed by atoms with Gasteiger partial charge in [-0.3, -0.25) is 0 Å². The Bertz CT molecular complexity index is 513. The molecule has 7 heteroatoms. The fourth-order valence-electron chi connectivity index (χ4n) is 1.59. The van der Waals surface area contributed by atoms with E-state index in [1.807, 2.05) is 20.8 Å². The van der Waals surface area contributed by atoms with Gasteiger partial charge >= 0.3 is 0 Å². The Labute approximate surface area is 130 Å². The van der Waals surface area contributed by atoms with Crippen LogP contribution in [0.15, 0.2) is 14.7 Å². The standard InChI is InChI=1S/C11H17Br2NO2S2/c1-4-11(3,5-6-12)14-18(15,16)9-7-10(13)17-8(9)2/h7,14H,4-6H2,1-3H3. The molecule has 0 aliphatic carbocycles. The van der Waals surface area contributed by atoms with E-state index in [-0.39, 0.29) is 0 Å². The maximum atomic E-state index is 12.4. The van der Waals surface area contributed by atoms with E-state index in [9.17, 15) is 8.42 Å². The van der Waals surface area contributed by atoms with Gasteiger partial charge in [-0.05, 0) is 48.7 Å². The predicted molar refractivity (Wildman–Crippen MR) is 84.2 cm³/mol. The average Bonchev–Trinajstić information content (AvgIpc) is 2.58. The summed E-state index contributed by atoms with van der Waals surface area (Å²) < 4.78 is 28.4. The zero-order valence-corrected chi connectivity index (χ0v) is 15.4. The first kappa shape index (κ1) is 16.6. The second kappa shape index (κ2) is 6.35. The topological polar surface area (TPSA) is 46.2 Å². The van der Waals surface area contributed by atoms with E-state index in [0.717, 1.165) is 26.8 Å². The van der Waals surface area contributed by atoms with Crippen LogP contribution in [-0.4, -0.2) is 19.3 Å². The van der Waals surface area contributed by atoms with Crippen LogP contribution in [0.5, 0.6) is 0 Å². The molecule has 0 aliphatic rings. The summed E-state index contributed by atoms with van der Waals surface area (Å²) in [6.45, 7) is 5.74. The third-order valence-corrected chi connectivity index (χ3v) is 6.78. The van der Waals surface area contributed by atoms with E-state index in [4.69, 9.17) is 0 Å². The van der Waals surface area contributed by atoms with Gasteiger partial charge in [0.15, 0.2) is 0 Å². The lowest BCUT2D eigenvalue weighted by Gasteiger charge is -2.28. The Morgan fingerprint density at radius 2 is 2.11 bits per heavy atom. The van der Waals surface area contributed by atoms with Gasteiger partial charge in [0, 0.05) is 15.7 Å². The molecule has 3 nitrogen and oxygen atoms in total. The van der Waals surface area contributed by atoms with Crippen molar-refractivity contribution in [1.29, 1.82) is 0 Å². The van der Waals surface area contributed by atoms with Gasteiger partial charge < -0.3 is 0 Å². The van der Waals surface area contributed by atoms with Crippen LogP contribution in [-0.2, 0) is 10.0 Å². The molecule has 0 saturated heterocycles. The molecule has 1 unspecified atom stereocenters. The third kappa shape index (κ3) is 4.03. The minimum Gasteiger partial charge on any atom is -0.207 e. The summed E-state index contributed by atoms with van der Waals surface area (Å²) in [6, 6.07) is 1.66. The number of alkyl halides is 1. The van der Waals surface area contributed by atoms with Crippen LogP contribution in [0.3, 0.4) is 0 Å². The van der Waals surface area contributed by atoms with Crippen molar-refractivity contribution in [1.82, 2.24) is 4.72 Å². The molecule has 1 rings (SSSR count). The zero-order chi connectivity index (χ0) is 14.0. The second-order valence-electron chi connectivity index (χ2n) is 4.43. The van der Waals surface area contributed by atoms with Crippen LogP contribution in [0.4, 0.5) is 0 Å². The molecular weight excluding hydrogens is 402 g/mol. The van der Waals surface area contributed by atoms with Crippen molar-refractivity contribution in [2.45, 2.75) is 44.0 Å². The summed E-state index contributed by atoms with van der Waals surface area (Å²) in [5, 5.41) is 0.770. The Kier molecular flexibility index (Phi) is 5.86. The highest BCUT2D eigenvalue weighted by Crippen LogP contribution is 2.31. The number of halogens is 2. The zero-order valence-electron chi connectivity index (χ0n) is 10.6. The predicted octanol–water partition coefficient (Wildman–Crippen LogP) is 4.05. The lowest BCUT2D eigenvalue weighted by atomic mass is 9.98. The second-order valence-corrected chi connectivity index (χ2v) is 9.51. The Hall–Kier alpha value is 0.570. The number of sulfonamides is 1. The molecule has 0 bridgehead atoms. The van der Waals surface area contributed by atoms with Crippen molar-refractivity contribution < 1.29 is 8.42 Å². The van der Waals surface area contributed by atoms with Gasteiger partial charge in [-0.15, -0.1) is 11.3 Å². The maximum absolute atomic E-state index is 12.4. The molecule has 1 atom stereocenters. The van der Waals surface area contributed by atoms with Crippen molar-refractivity contribution in [2.24, 2.45) is 0 Å². The number of aryl methyl sites for hydroxylation is 1. The van der Waals surface area contributed by atoms with Gasteiger partial charge in [0.25, 0.3) is 0 Å². The molecule has 0 amide bonds. The minimum absolute atomic E-state index is 0.369. The Morgan fingerprint density at radius 1 is 1.50 bits per heavy atom. The quantitative estimate of drug-likeness (QED) is 0.708. The monoisotopic (exact) mass is 417 g/mol. The number of nitrogens with one attached hydrogen (secondary N) is 1. The normalized spacial score (nSPS) is 15.6. The summed E-state index contributed by atoms with van der Waals surface area (Å²) in [6.07, 6.45) is 1.51. The highest BCUT2D eigenvalue weighted by atomic mass is 79.9. The first-order valence-corrected chi connectivity index (χ1v) is 9.81. The lowest BCUT2D eigenvalue weighted by molar-refractivity contribution is 0.392. The molecule has 0 spiro atoms. The molecular formula is C11H17Br2NO2S2. The van der Waals surface area contributed by atoms with E-state index in [1.54, 1.807) is 6.07 Å². The van der Waals surface area contributed by atoms with E-state index in [1.165, 1.54) is 11.3 Å². The van der Waals surface area contributed by atoms with Gasteiger partial charge in [-0.1, -0.05) is 22.9 Å². The van der Waals surface area contributed by atoms with Crippen LogP contribution in [0.1, 0.15) is 31.6 Å². The highest BCUT2D eigenvalue weighted by molar-refractivity contribution is 9.11. The molecule has 0 aromatic carbocycles. The van der Waals surface area contributed by atoms with Crippen LogP contribution in [0, 0.1) is 6.92 Å². The number of thiophene rings is 1. The minimum atomic E-state index is -3.45. The molecule has 0 radical (unpaired) electrons. The summed E-state index contributed by atoms with van der Waals surface area (Å²) in [7, 11) is -3.45. The first-order valence-electron chi connectivity index (χ1n) is 5.60. The largest absolute Gasteiger partial charge is 0.242 e. The highest BCUT2D eigenvalue weighted by Gasteiger charge is 2.30. The average molecular weight is 419 g/mol. The molecule has 0 fully saturated rings. The van der Waals surface area contributed by atoms with Crippen LogP contribution in [0.2, 0.25) is 0 Å². The van der Waals surface area contributed by atoms with E-state index >= 15 is 0 Å². The van der Waals surface area contributed by atoms with Gasteiger partial charge in [-0.25, -0.2) is 13.1 Å².